The first kappa shape index (κ1) is 18.5. The average Bonchev–Trinajstić information content (AvgIpc) is 3.16. The van der Waals surface area contributed by atoms with Crippen LogP contribution in [0.3, 0.4) is 0 Å². The zero-order valence-corrected chi connectivity index (χ0v) is 16.7. The fourth-order valence-electron chi connectivity index (χ4n) is 2.77. The smallest absolute Gasteiger partial charge is 0.258 e. The maximum absolute atomic E-state index is 12.3. The monoisotopic (exact) mass is 413 g/mol. The number of methoxy groups -OCH3 is 1. The molecule has 0 saturated carbocycles. The van der Waals surface area contributed by atoms with Crippen LogP contribution in [-0.2, 0) is 5.75 Å². The van der Waals surface area contributed by atoms with Gasteiger partial charge in [-0.15, -0.1) is 5.10 Å². The Morgan fingerprint density at radius 3 is 2.89 bits per heavy atom. The zero-order chi connectivity index (χ0) is 19.7. The number of nitrogens with zero attached hydrogens (tertiary/aromatic N) is 4. The van der Waals surface area contributed by atoms with Crippen molar-refractivity contribution >= 4 is 29.0 Å². The topological polar surface area (TPSA) is 85.2 Å². The number of aryl methyl sites for hydroxylation is 1. The normalized spacial score (nSPS) is 11.1. The first-order valence-corrected chi connectivity index (χ1v) is 9.78. The van der Waals surface area contributed by atoms with Crippen molar-refractivity contribution in [3.8, 4) is 17.1 Å². The first-order valence-electron chi connectivity index (χ1n) is 8.41. The number of thioether (sulfide) groups is 1. The molecule has 142 valence electrons. The Morgan fingerprint density at radius 2 is 2.07 bits per heavy atom. The molecular formula is C19H16ClN5O2S. The fourth-order valence-corrected chi connectivity index (χ4v) is 3.63. The standard InChI is InChI=1S/C19H16ClN5O2S/c1-11-3-6-16-21-13(8-17(26)25(16)9-11)10-28-19-22-18(23-24-19)14-7-12(20)4-5-15(14)27-2/h3-9H,10H2,1-2H3,(H,22,23,24). The molecule has 0 bridgehead atoms. The van der Waals surface area contributed by atoms with Crippen LogP contribution in [0.2, 0.25) is 5.02 Å². The molecule has 1 aromatic carbocycles. The number of benzene rings is 1. The predicted molar refractivity (Wildman–Crippen MR) is 109 cm³/mol. The largest absolute Gasteiger partial charge is 0.496 e. The lowest BCUT2D eigenvalue weighted by molar-refractivity contribution is 0.416. The average molecular weight is 414 g/mol. The lowest BCUT2D eigenvalue weighted by Gasteiger charge is -2.05. The molecule has 4 aromatic rings. The summed E-state index contributed by atoms with van der Waals surface area (Å²) in [5.74, 6) is 1.68. The van der Waals surface area contributed by atoms with Crippen LogP contribution in [0.15, 0.2) is 52.5 Å². The molecule has 7 nitrogen and oxygen atoms in total. The van der Waals surface area contributed by atoms with Gasteiger partial charge in [-0.1, -0.05) is 29.4 Å². The Labute approximate surface area is 169 Å². The van der Waals surface area contributed by atoms with E-state index in [1.54, 1.807) is 35.9 Å². The van der Waals surface area contributed by atoms with Gasteiger partial charge in [-0.25, -0.2) is 9.97 Å². The summed E-state index contributed by atoms with van der Waals surface area (Å²) in [6.45, 7) is 1.94. The molecular weight excluding hydrogens is 398 g/mol. The Bertz CT molecular complexity index is 1220. The van der Waals surface area contributed by atoms with E-state index in [1.165, 1.54) is 17.8 Å². The number of hydrogen-bond donors (Lipinski definition) is 1. The molecule has 3 heterocycles. The molecule has 28 heavy (non-hydrogen) atoms. The van der Waals surface area contributed by atoms with Crippen LogP contribution in [-0.4, -0.2) is 31.7 Å². The number of hydrogen-bond acceptors (Lipinski definition) is 6. The first-order chi connectivity index (χ1) is 13.5. The number of fused-ring (bicyclic) bond motifs is 1. The Kier molecular flexibility index (Phi) is 5.06. The Morgan fingerprint density at radius 1 is 1.21 bits per heavy atom. The zero-order valence-electron chi connectivity index (χ0n) is 15.1. The minimum absolute atomic E-state index is 0.108. The molecule has 0 aliphatic heterocycles. The molecule has 0 amide bonds. The summed E-state index contributed by atoms with van der Waals surface area (Å²) in [5.41, 5.74) is 2.91. The molecule has 0 radical (unpaired) electrons. The fraction of sp³-hybridized carbons (Fsp3) is 0.158. The van der Waals surface area contributed by atoms with Crippen molar-refractivity contribution in [1.29, 1.82) is 0 Å². The van der Waals surface area contributed by atoms with Crippen molar-refractivity contribution in [2.75, 3.05) is 7.11 Å². The third-order valence-electron chi connectivity index (χ3n) is 4.09. The summed E-state index contributed by atoms with van der Waals surface area (Å²) in [6.07, 6.45) is 1.78. The number of H-pyrrole nitrogens is 1. The number of halogens is 1. The molecule has 9 heteroatoms. The third-order valence-corrected chi connectivity index (χ3v) is 5.21. The van der Waals surface area contributed by atoms with Gasteiger partial charge in [0.2, 0.25) is 5.16 Å². The van der Waals surface area contributed by atoms with Crippen LogP contribution < -0.4 is 10.3 Å². The minimum Gasteiger partial charge on any atom is -0.496 e. The van der Waals surface area contributed by atoms with E-state index >= 15 is 0 Å². The van der Waals surface area contributed by atoms with Crippen molar-refractivity contribution in [3.63, 3.8) is 0 Å². The van der Waals surface area contributed by atoms with Gasteiger partial charge in [0.05, 0.1) is 18.4 Å². The Hall–Kier alpha value is -2.84. The van der Waals surface area contributed by atoms with Crippen molar-refractivity contribution < 1.29 is 4.74 Å². The highest BCUT2D eigenvalue weighted by Gasteiger charge is 2.13. The SMILES string of the molecule is COc1ccc(Cl)cc1-c1nc(SCc2cc(=O)n3cc(C)ccc3n2)n[nH]1. The molecule has 4 rings (SSSR count). The maximum Gasteiger partial charge on any atom is 0.258 e. The van der Waals surface area contributed by atoms with E-state index in [-0.39, 0.29) is 5.56 Å². The van der Waals surface area contributed by atoms with E-state index in [0.29, 0.717) is 38.8 Å². The van der Waals surface area contributed by atoms with E-state index in [9.17, 15) is 4.79 Å². The molecule has 3 aromatic heterocycles. The lowest BCUT2D eigenvalue weighted by Crippen LogP contribution is -2.15. The summed E-state index contributed by atoms with van der Waals surface area (Å²) < 4.78 is 6.90. The predicted octanol–water partition coefficient (Wildman–Crippen LogP) is 3.74. The highest BCUT2D eigenvalue weighted by atomic mass is 35.5. The lowest BCUT2D eigenvalue weighted by atomic mass is 10.2. The van der Waals surface area contributed by atoms with Crippen LogP contribution in [0, 0.1) is 6.92 Å². The molecule has 0 aliphatic carbocycles. The molecule has 0 aliphatic rings. The van der Waals surface area contributed by atoms with Gasteiger partial charge in [0.25, 0.3) is 5.56 Å². The maximum atomic E-state index is 12.3. The molecule has 0 atom stereocenters. The second-order valence-corrected chi connectivity index (χ2v) is 7.50. The van der Waals surface area contributed by atoms with Gasteiger partial charge >= 0.3 is 0 Å². The molecule has 0 spiro atoms. The van der Waals surface area contributed by atoms with Gasteiger partial charge in [0, 0.05) is 23.0 Å². The van der Waals surface area contributed by atoms with Gasteiger partial charge in [0.1, 0.15) is 11.4 Å². The molecule has 1 N–H and O–H groups in total. The minimum atomic E-state index is -0.108. The van der Waals surface area contributed by atoms with E-state index in [4.69, 9.17) is 16.3 Å². The van der Waals surface area contributed by atoms with Crippen LogP contribution in [0.5, 0.6) is 5.75 Å². The summed E-state index contributed by atoms with van der Waals surface area (Å²) in [5, 5.41) is 8.25. The van der Waals surface area contributed by atoms with Gasteiger partial charge in [-0.2, -0.15) is 0 Å². The number of ether oxygens (including phenoxy) is 1. The van der Waals surface area contributed by atoms with E-state index < -0.39 is 0 Å². The molecule has 0 unspecified atom stereocenters. The summed E-state index contributed by atoms with van der Waals surface area (Å²) >= 11 is 7.47. The quantitative estimate of drug-likeness (QED) is 0.501. The van der Waals surface area contributed by atoms with Gasteiger partial charge in [-0.3, -0.25) is 14.3 Å². The summed E-state index contributed by atoms with van der Waals surface area (Å²) in [6, 6.07) is 10.6. The number of pyridine rings is 1. The van der Waals surface area contributed by atoms with E-state index in [1.807, 2.05) is 19.1 Å². The van der Waals surface area contributed by atoms with Crippen molar-refractivity contribution in [2.45, 2.75) is 17.8 Å². The molecule has 0 fully saturated rings. The van der Waals surface area contributed by atoms with E-state index in [0.717, 1.165) is 11.1 Å². The highest BCUT2D eigenvalue weighted by Crippen LogP contribution is 2.31. The Balaban J connectivity index is 1.56. The van der Waals surface area contributed by atoms with Crippen molar-refractivity contribution in [2.24, 2.45) is 0 Å². The summed E-state index contributed by atoms with van der Waals surface area (Å²) in [4.78, 5) is 21.3. The van der Waals surface area contributed by atoms with Crippen LogP contribution >= 0.6 is 23.4 Å². The van der Waals surface area contributed by atoms with Crippen LogP contribution in [0.4, 0.5) is 0 Å². The number of aromatic nitrogens is 5. The van der Waals surface area contributed by atoms with Gasteiger partial charge in [0.15, 0.2) is 5.82 Å². The van der Waals surface area contributed by atoms with Gasteiger partial charge < -0.3 is 4.74 Å². The third kappa shape index (κ3) is 3.74. The molecule has 0 saturated heterocycles. The number of nitrogens with one attached hydrogen (secondary N) is 1. The summed E-state index contributed by atoms with van der Waals surface area (Å²) in [7, 11) is 1.59. The van der Waals surface area contributed by atoms with Crippen LogP contribution in [0.1, 0.15) is 11.3 Å². The van der Waals surface area contributed by atoms with Crippen LogP contribution in [0.25, 0.3) is 17.0 Å². The van der Waals surface area contributed by atoms with Crippen molar-refractivity contribution in [3.05, 3.63) is 69.2 Å². The number of rotatable bonds is 5. The highest BCUT2D eigenvalue weighted by molar-refractivity contribution is 7.98. The van der Waals surface area contributed by atoms with Gasteiger partial charge in [-0.05, 0) is 36.8 Å². The second-order valence-electron chi connectivity index (χ2n) is 6.12. The van der Waals surface area contributed by atoms with Crippen molar-refractivity contribution in [1.82, 2.24) is 24.6 Å². The second kappa shape index (κ2) is 7.65. The van der Waals surface area contributed by atoms with E-state index in [2.05, 4.69) is 20.2 Å². The number of aromatic amines is 1.